The average molecular weight is 281 g/mol. The number of para-hydroxylation sites is 1. The minimum absolute atomic E-state index is 0.0486. The van der Waals surface area contributed by atoms with Crippen LogP contribution in [0.5, 0.6) is 0 Å². The van der Waals surface area contributed by atoms with Crippen LogP contribution in [0, 0.1) is 0 Å². The SMILES string of the molecule is CN(C(=O)c1cccnc1)c1nc2ccccc2c(=O)o1. The summed E-state index contributed by atoms with van der Waals surface area (Å²) >= 11 is 0. The first-order valence-electron chi connectivity index (χ1n) is 6.25. The smallest absolute Gasteiger partial charge is 0.348 e. The topological polar surface area (TPSA) is 76.3 Å². The Morgan fingerprint density at radius 2 is 2.00 bits per heavy atom. The Bertz CT molecular complexity index is 859. The van der Waals surface area contributed by atoms with Crippen LogP contribution in [0.3, 0.4) is 0 Å². The van der Waals surface area contributed by atoms with Gasteiger partial charge in [-0.1, -0.05) is 12.1 Å². The third-order valence-electron chi connectivity index (χ3n) is 3.02. The van der Waals surface area contributed by atoms with Crippen molar-refractivity contribution in [1.29, 1.82) is 0 Å². The van der Waals surface area contributed by atoms with Crippen molar-refractivity contribution < 1.29 is 9.21 Å². The van der Waals surface area contributed by atoms with Crippen molar-refractivity contribution in [3.63, 3.8) is 0 Å². The van der Waals surface area contributed by atoms with Crippen LogP contribution in [0.25, 0.3) is 10.9 Å². The van der Waals surface area contributed by atoms with Crippen LogP contribution in [0.4, 0.5) is 6.01 Å². The van der Waals surface area contributed by atoms with Crippen molar-refractivity contribution >= 4 is 22.8 Å². The number of hydrogen-bond donors (Lipinski definition) is 0. The fraction of sp³-hybridized carbons (Fsp3) is 0.0667. The summed E-state index contributed by atoms with van der Waals surface area (Å²) in [6.45, 7) is 0. The highest BCUT2D eigenvalue weighted by Gasteiger charge is 2.18. The maximum atomic E-state index is 12.3. The van der Waals surface area contributed by atoms with Gasteiger partial charge in [-0.25, -0.2) is 4.79 Å². The summed E-state index contributed by atoms with van der Waals surface area (Å²) in [5, 5.41) is 0.378. The van der Waals surface area contributed by atoms with Gasteiger partial charge in [-0.2, -0.15) is 4.98 Å². The first kappa shape index (κ1) is 13.0. The molecule has 3 aromatic rings. The lowest BCUT2D eigenvalue weighted by atomic mass is 10.2. The molecule has 0 aliphatic rings. The van der Waals surface area contributed by atoms with E-state index in [-0.39, 0.29) is 11.9 Å². The molecule has 21 heavy (non-hydrogen) atoms. The number of carbonyl (C=O) groups excluding carboxylic acids is 1. The second-order valence-corrected chi connectivity index (χ2v) is 4.41. The first-order chi connectivity index (χ1) is 10.2. The van der Waals surface area contributed by atoms with Gasteiger partial charge in [-0.3, -0.25) is 14.7 Å². The summed E-state index contributed by atoms with van der Waals surface area (Å²) in [6.07, 6.45) is 3.02. The molecule has 0 radical (unpaired) electrons. The standard InChI is InChI=1S/C15H11N3O3/c1-18(13(19)10-5-4-8-16-9-10)15-17-12-7-3-2-6-11(12)14(20)21-15/h2-9H,1H3. The molecule has 104 valence electrons. The van der Waals surface area contributed by atoms with Crippen LogP contribution in [0.2, 0.25) is 0 Å². The van der Waals surface area contributed by atoms with Crippen LogP contribution < -0.4 is 10.5 Å². The molecule has 0 fully saturated rings. The molecule has 1 amide bonds. The van der Waals surface area contributed by atoms with Crippen LogP contribution in [0.1, 0.15) is 10.4 Å². The van der Waals surface area contributed by atoms with Gasteiger partial charge in [-0.05, 0) is 24.3 Å². The number of benzene rings is 1. The molecule has 0 atom stereocenters. The van der Waals surface area contributed by atoms with Crippen molar-refractivity contribution in [1.82, 2.24) is 9.97 Å². The minimum atomic E-state index is -0.526. The molecule has 0 unspecified atom stereocenters. The molecule has 1 aromatic carbocycles. The van der Waals surface area contributed by atoms with Gasteiger partial charge in [0.05, 0.1) is 16.5 Å². The molecule has 6 nitrogen and oxygen atoms in total. The van der Waals surface area contributed by atoms with E-state index in [1.165, 1.54) is 18.1 Å². The van der Waals surface area contributed by atoms with E-state index in [0.717, 1.165) is 0 Å². The van der Waals surface area contributed by atoms with Crippen molar-refractivity contribution in [3.8, 4) is 0 Å². The molecule has 0 aliphatic heterocycles. The molecule has 0 spiro atoms. The number of carbonyl (C=O) groups is 1. The number of pyridine rings is 1. The molecule has 2 heterocycles. The molecule has 0 aliphatic carbocycles. The zero-order valence-electron chi connectivity index (χ0n) is 11.2. The van der Waals surface area contributed by atoms with Gasteiger partial charge in [0, 0.05) is 19.4 Å². The molecule has 0 saturated heterocycles. The van der Waals surface area contributed by atoms with Gasteiger partial charge in [-0.15, -0.1) is 0 Å². The van der Waals surface area contributed by atoms with Crippen LogP contribution in [-0.2, 0) is 0 Å². The zero-order chi connectivity index (χ0) is 14.8. The Kier molecular flexibility index (Phi) is 3.19. The van der Waals surface area contributed by atoms with Crippen LogP contribution in [0.15, 0.2) is 58.0 Å². The number of fused-ring (bicyclic) bond motifs is 1. The monoisotopic (exact) mass is 281 g/mol. The van der Waals surface area contributed by atoms with Crippen molar-refractivity contribution in [2.24, 2.45) is 0 Å². The van der Waals surface area contributed by atoms with Gasteiger partial charge >= 0.3 is 11.6 Å². The molecule has 0 saturated carbocycles. The van der Waals surface area contributed by atoms with E-state index < -0.39 is 5.63 Å². The largest absolute Gasteiger partial charge is 0.388 e. The molecule has 2 aromatic heterocycles. The predicted molar refractivity (Wildman–Crippen MR) is 77.2 cm³/mol. The summed E-state index contributed by atoms with van der Waals surface area (Å²) in [4.78, 5) is 33.5. The van der Waals surface area contributed by atoms with Crippen molar-refractivity contribution in [2.45, 2.75) is 0 Å². The maximum Gasteiger partial charge on any atom is 0.348 e. The van der Waals surface area contributed by atoms with E-state index in [1.807, 2.05) is 0 Å². The number of aromatic nitrogens is 2. The van der Waals surface area contributed by atoms with Gasteiger partial charge in [0.1, 0.15) is 0 Å². The summed E-state index contributed by atoms with van der Waals surface area (Å²) in [5.41, 5.74) is 0.341. The summed E-state index contributed by atoms with van der Waals surface area (Å²) in [6, 6.07) is 10.1. The van der Waals surface area contributed by atoms with E-state index in [1.54, 1.807) is 42.6 Å². The lowest BCUT2D eigenvalue weighted by molar-refractivity contribution is 0.0987. The minimum Gasteiger partial charge on any atom is -0.388 e. The summed E-state index contributed by atoms with van der Waals surface area (Å²) in [7, 11) is 1.50. The second-order valence-electron chi connectivity index (χ2n) is 4.41. The zero-order valence-corrected chi connectivity index (χ0v) is 11.2. The summed E-state index contributed by atoms with van der Waals surface area (Å²) in [5.74, 6) is -0.353. The Hall–Kier alpha value is -3.02. The normalized spacial score (nSPS) is 10.5. The van der Waals surface area contributed by atoms with Crippen LogP contribution >= 0.6 is 0 Å². The molecular formula is C15H11N3O3. The van der Waals surface area contributed by atoms with Crippen molar-refractivity contribution in [2.75, 3.05) is 11.9 Å². The molecule has 0 bridgehead atoms. The van der Waals surface area contributed by atoms with Crippen molar-refractivity contribution in [3.05, 3.63) is 64.8 Å². The van der Waals surface area contributed by atoms with Gasteiger partial charge in [0.25, 0.3) is 5.91 Å². The van der Waals surface area contributed by atoms with E-state index in [4.69, 9.17) is 4.42 Å². The molecule has 6 heteroatoms. The second kappa shape index (κ2) is 5.16. The third-order valence-corrected chi connectivity index (χ3v) is 3.02. The number of hydrogen-bond acceptors (Lipinski definition) is 5. The Balaban J connectivity index is 2.04. The molecular weight excluding hydrogens is 270 g/mol. The summed E-state index contributed by atoms with van der Waals surface area (Å²) < 4.78 is 5.11. The van der Waals surface area contributed by atoms with Gasteiger partial charge < -0.3 is 4.42 Å². The number of nitrogens with zero attached hydrogens (tertiary/aromatic N) is 3. The highest BCUT2D eigenvalue weighted by Crippen LogP contribution is 2.15. The fourth-order valence-corrected chi connectivity index (χ4v) is 1.92. The van der Waals surface area contributed by atoms with E-state index in [2.05, 4.69) is 9.97 Å². The lowest BCUT2D eigenvalue weighted by Crippen LogP contribution is -2.28. The van der Waals surface area contributed by atoms with Gasteiger partial charge in [0.15, 0.2) is 0 Å². The highest BCUT2D eigenvalue weighted by atomic mass is 16.4. The van der Waals surface area contributed by atoms with Gasteiger partial charge in [0.2, 0.25) is 0 Å². The number of amides is 1. The lowest BCUT2D eigenvalue weighted by Gasteiger charge is -2.14. The number of anilines is 1. The fourth-order valence-electron chi connectivity index (χ4n) is 1.92. The molecule has 0 N–H and O–H groups in total. The van der Waals surface area contributed by atoms with E-state index >= 15 is 0 Å². The maximum absolute atomic E-state index is 12.3. The number of rotatable bonds is 2. The van der Waals surface area contributed by atoms with E-state index in [0.29, 0.717) is 16.5 Å². The third kappa shape index (κ3) is 2.38. The highest BCUT2D eigenvalue weighted by molar-refractivity contribution is 6.04. The molecule has 3 rings (SSSR count). The van der Waals surface area contributed by atoms with E-state index in [9.17, 15) is 9.59 Å². The average Bonchev–Trinajstić information content (AvgIpc) is 2.54. The Morgan fingerprint density at radius 1 is 1.19 bits per heavy atom. The predicted octanol–water partition coefficient (Wildman–Crippen LogP) is 1.86. The Labute approximate surface area is 119 Å². The first-order valence-corrected chi connectivity index (χ1v) is 6.25. The van der Waals surface area contributed by atoms with Crippen LogP contribution in [-0.4, -0.2) is 22.9 Å². The quantitative estimate of drug-likeness (QED) is 0.716. The Morgan fingerprint density at radius 3 is 2.76 bits per heavy atom.